The molecule has 0 amide bonds. The molecule has 7 rings (SSSR count). The quantitative estimate of drug-likeness (QED) is 0.148. The van der Waals surface area contributed by atoms with Gasteiger partial charge in [-0.3, -0.25) is 18.9 Å². The molecule has 4 aromatic rings. The molecule has 23 heteroatoms. The lowest BCUT2D eigenvalue weighted by Crippen LogP contribution is -2.50. The number of anilines is 2. The van der Waals surface area contributed by atoms with E-state index in [2.05, 4.69) is 63.8 Å². The van der Waals surface area contributed by atoms with Gasteiger partial charge in [-0.1, -0.05) is 20.8 Å². The smallest absolute Gasteiger partial charge is 0.330 e. The van der Waals surface area contributed by atoms with Gasteiger partial charge < -0.3 is 53.2 Å². The highest BCUT2D eigenvalue weighted by atomic mass is 31.2. The van der Waals surface area contributed by atoms with Crippen molar-refractivity contribution in [1.82, 2.24) is 39.0 Å². The van der Waals surface area contributed by atoms with E-state index in [-0.39, 0.29) is 47.6 Å². The first kappa shape index (κ1) is 34.7. The molecule has 0 spiro atoms. The normalized spacial score (nSPS) is 31.8. The molecule has 3 aliphatic heterocycles. The van der Waals surface area contributed by atoms with Gasteiger partial charge in [0.25, 0.3) is 5.56 Å². The second-order valence-corrected chi connectivity index (χ2v) is 20.1. The largest absolute Gasteiger partial charge is 0.408 e. The predicted octanol–water partition coefficient (Wildman–Crippen LogP) is 1.95. The first-order chi connectivity index (χ1) is 23.2. The van der Waals surface area contributed by atoms with Crippen molar-refractivity contribution in [2.45, 2.75) is 88.3 Å². The summed E-state index contributed by atoms with van der Waals surface area (Å²) in [4.78, 5) is 58.4. The van der Waals surface area contributed by atoms with Crippen LogP contribution in [0, 0.1) is 0 Å². The summed E-state index contributed by atoms with van der Waals surface area (Å²) in [6, 6.07) is 0. The molecule has 49 heavy (non-hydrogen) atoms. The highest BCUT2D eigenvalue weighted by Gasteiger charge is 2.53. The van der Waals surface area contributed by atoms with Crippen molar-refractivity contribution >= 4 is 59.6 Å². The maximum absolute atomic E-state index is 12.6. The zero-order valence-corrected chi connectivity index (χ0v) is 30.0. The average Bonchev–Trinajstić information content (AvgIpc) is 3.80. The van der Waals surface area contributed by atoms with Crippen molar-refractivity contribution < 1.29 is 41.8 Å². The first-order valence-electron chi connectivity index (χ1n) is 15.4. The monoisotopic (exact) mass is 740 g/mol. The Bertz CT molecular complexity index is 1890. The van der Waals surface area contributed by atoms with Gasteiger partial charge in [0.05, 0.1) is 32.0 Å². The van der Waals surface area contributed by atoms with E-state index in [1.165, 1.54) is 23.5 Å². The molecule has 4 aromatic heterocycles. The van der Waals surface area contributed by atoms with Gasteiger partial charge in [-0.25, -0.2) is 19.9 Å². The lowest BCUT2D eigenvalue weighted by Gasteiger charge is -2.40. The Kier molecular flexibility index (Phi) is 9.25. The number of ether oxygens (including phenoxy) is 2. The maximum Gasteiger partial charge on any atom is 0.330 e. The summed E-state index contributed by atoms with van der Waals surface area (Å²) >= 11 is 0. The van der Waals surface area contributed by atoms with Crippen LogP contribution < -0.4 is 17.0 Å². The number of imidazole rings is 2. The Labute approximate surface area is 282 Å². The maximum atomic E-state index is 12.6. The van der Waals surface area contributed by atoms with Crippen LogP contribution in [-0.4, -0.2) is 101 Å². The van der Waals surface area contributed by atoms with Gasteiger partial charge >= 0.3 is 17.2 Å². The number of H-pyrrole nitrogens is 1. The number of aromatic amines is 1. The molecule has 9 atom stereocenters. The highest BCUT2D eigenvalue weighted by molar-refractivity contribution is 7.40. The fourth-order valence-corrected chi connectivity index (χ4v) is 8.61. The van der Waals surface area contributed by atoms with Gasteiger partial charge in [-0.2, -0.15) is 4.98 Å². The van der Waals surface area contributed by atoms with Crippen molar-refractivity contribution in [3.63, 3.8) is 0 Å². The van der Waals surface area contributed by atoms with Crippen LogP contribution in [-0.2, 0) is 32.0 Å². The van der Waals surface area contributed by atoms with Gasteiger partial charge in [-0.05, 0) is 18.1 Å². The molecule has 0 aliphatic carbocycles. The molecule has 0 aromatic carbocycles. The van der Waals surface area contributed by atoms with Crippen molar-refractivity contribution in [3.8, 4) is 0 Å². The van der Waals surface area contributed by atoms with E-state index in [4.69, 9.17) is 43.5 Å². The number of rotatable bonds is 4. The molecule has 0 radical (unpaired) electrons. The standard InChI is InChI=1S/C26H38N10O10P2Si/c1-26(2,3)49(4,5)46-18-14-8-41-47(38)44-12-6-15(35-10-31-16-20(27)29-9-30-21(16)35)42-13(12)7-40-48(39)45-19(18)24(43-14)36-11-32-17-22(36)33-25(28)34-23(17)37/h9-15,18-19,24,38-39H,6-8H2,1-5H3,(H2,27,29,30)(H3,28,33,34,37)/t12-,13+,14+,15+,18+,19+,24+,47?,48?/m0/s1. The molecule has 266 valence electrons. The van der Waals surface area contributed by atoms with Gasteiger partial charge in [0, 0.05) is 6.42 Å². The minimum atomic E-state index is -2.57. The molecular weight excluding hydrogens is 702 g/mol. The number of nitrogens with zero attached hydrogens (tertiary/aromatic N) is 7. The van der Waals surface area contributed by atoms with Crippen LogP contribution in [0.3, 0.4) is 0 Å². The van der Waals surface area contributed by atoms with E-state index in [1.807, 2.05) is 0 Å². The highest BCUT2D eigenvalue weighted by Crippen LogP contribution is 2.50. The predicted molar refractivity (Wildman–Crippen MR) is 177 cm³/mol. The number of nitrogens with one attached hydrogen (secondary N) is 1. The summed E-state index contributed by atoms with van der Waals surface area (Å²) in [5.74, 6) is 0.102. The zero-order valence-electron chi connectivity index (χ0n) is 27.2. The van der Waals surface area contributed by atoms with Crippen molar-refractivity contribution in [1.29, 1.82) is 0 Å². The molecule has 2 bridgehead atoms. The molecule has 0 saturated carbocycles. The third-order valence-corrected chi connectivity index (χ3v) is 15.3. The summed E-state index contributed by atoms with van der Waals surface area (Å²) in [6.07, 6.45) is -1.29. The number of fused-ring (bicyclic) bond motifs is 5. The number of hydrogen-bond acceptors (Lipinski definition) is 17. The number of hydrogen-bond donors (Lipinski definition) is 5. The molecule has 2 unspecified atom stereocenters. The summed E-state index contributed by atoms with van der Waals surface area (Å²) in [7, 11) is -7.55. The molecular formula is C26H38N10O10P2Si. The Balaban J connectivity index is 1.20. The van der Waals surface area contributed by atoms with E-state index >= 15 is 0 Å². The Hall–Kier alpha value is -2.78. The molecule has 3 aliphatic rings. The second kappa shape index (κ2) is 13.1. The Morgan fingerprint density at radius 1 is 0.939 bits per heavy atom. The van der Waals surface area contributed by atoms with Crippen LogP contribution in [0.25, 0.3) is 22.3 Å². The van der Waals surface area contributed by atoms with Gasteiger partial charge in [0.1, 0.15) is 42.5 Å². The van der Waals surface area contributed by atoms with Crippen LogP contribution in [0.2, 0.25) is 18.1 Å². The van der Waals surface area contributed by atoms with Crippen molar-refractivity contribution in [3.05, 3.63) is 29.3 Å². The van der Waals surface area contributed by atoms with Crippen LogP contribution in [0.4, 0.5) is 11.8 Å². The topological polar surface area (TPSA) is 264 Å². The van der Waals surface area contributed by atoms with E-state index in [0.29, 0.717) is 11.2 Å². The Morgan fingerprint density at radius 3 is 2.39 bits per heavy atom. The first-order valence-corrected chi connectivity index (χ1v) is 20.6. The second-order valence-electron chi connectivity index (χ2n) is 13.4. The zero-order chi connectivity index (χ0) is 34.8. The number of aromatic nitrogens is 8. The third-order valence-electron chi connectivity index (χ3n) is 9.26. The van der Waals surface area contributed by atoms with E-state index < -0.39 is 74.1 Å². The molecule has 3 saturated heterocycles. The average molecular weight is 741 g/mol. The van der Waals surface area contributed by atoms with E-state index in [1.54, 1.807) is 4.57 Å². The van der Waals surface area contributed by atoms with Crippen molar-refractivity contribution in [2.75, 3.05) is 24.7 Å². The lowest BCUT2D eigenvalue weighted by atomic mass is 10.1. The summed E-state index contributed by atoms with van der Waals surface area (Å²) in [6.45, 7) is 10.0. The SMILES string of the molecule is CC(C)(C)[Si](C)(C)O[C@H]1[C@H]2OP(O)OC[C@H]3O[C@@H](n4cnc5c(N)ncnc54)C[C@@H]3OP(O)OC[C@H]1O[C@H]2n1cnc2c(=O)[nH]c(N)nc21. The number of nitrogen functional groups attached to an aromatic ring is 2. The molecule has 7 N–H and O–H groups in total. The molecule has 20 nitrogen and oxygen atoms in total. The van der Waals surface area contributed by atoms with Crippen LogP contribution in [0.15, 0.2) is 23.8 Å². The Morgan fingerprint density at radius 2 is 1.63 bits per heavy atom. The fourth-order valence-electron chi connectivity index (χ4n) is 5.74. The van der Waals surface area contributed by atoms with Gasteiger partial charge in [0.2, 0.25) is 5.95 Å². The minimum Gasteiger partial charge on any atom is -0.408 e. The molecule has 7 heterocycles. The minimum absolute atomic E-state index is 0.0288. The van der Waals surface area contributed by atoms with Crippen LogP contribution in [0.1, 0.15) is 39.6 Å². The van der Waals surface area contributed by atoms with E-state index in [9.17, 15) is 14.6 Å². The molecule has 3 fully saturated rings. The van der Waals surface area contributed by atoms with Crippen LogP contribution in [0.5, 0.6) is 0 Å². The summed E-state index contributed by atoms with van der Waals surface area (Å²) in [5, 5.41) is -0.217. The lowest BCUT2D eigenvalue weighted by molar-refractivity contribution is -0.0593. The van der Waals surface area contributed by atoms with Crippen molar-refractivity contribution in [2.24, 2.45) is 0 Å². The summed E-state index contributed by atoms with van der Waals surface area (Å²) < 4.78 is 46.8. The van der Waals surface area contributed by atoms with Gasteiger partial charge in [-0.15, -0.1) is 0 Å². The fraction of sp³-hybridized carbons (Fsp3) is 0.615. The third kappa shape index (κ3) is 6.59. The van der Waals surface area contributed by atoms with E-state index in [0.717, 1.165) is 0 Å². The van der Waals surface area contributed by atoms with Crippen LogP contribution >= 0.6 is 17.2 Å². The summed E-state index contributed by atoms with van der Waals surface area (Å²) in [5.41, 5.74) is 12.3. The number of nitrogens with two attached hydrogens (primary N) is 2. The van der Waals surface area contributed by atoms with Gasteiger partial charge in [0.15, 0.2) is 37.2 Å².